The lowest BCUT2D eigenvalue weighted by Crippen LogP contribution is -2.36. The van der Waals surface area contributed by atoms with Gasteiger partial charge in [-0.05, 0) is 65.1 Å². The minimum atomic E-state index is -0.334. The van der Waals surface area contributed by atoms with E-state index in [1.807, 2.05) is 24.3 Å². The number of carbonyl (C=O) groups is 1. The molecule has 0 atom stereocenters. The summed E-state index contributed by atoms with van der Waals surface area (Å²) < 4.78 is 13.2. The van der Waals surface area contributed by atoms with Crippen LogP contribution in [0.4, 0.5) is 10.1 Å². The van der Waals surface area contributed by atoms with E-state index < -0.39 is 0 Å². The number of amides is 1. The minimum Gasteiger partial charge on any atom is -0.326 e. The zero-order valence-corrected chi connectivity index (χ0v) is 17.3. The summed E-state index contributed by atoms with van der Waals surface area (Å²) >= 11 is 0. The van der Waals surface area contributed by atoms with Gasteiger partial charge in [-0.25, -0.2) is 9.38 Å². The van der Waals surface area contributed by atoms with Crippen LogP contribution < -0.4 is 10.6 Å². The molecule has 0 fully saturated rings. The number of aromatic nitrogens is 1. The molecule has 1 heterocycles. The largest absolute Gasteiger partial charge is 0.326 e. The number of hydrogen-bond donors (Lipinski definition) is 2. The van der Waals surface area contributed by atoms with Crippen LogP contribution in [-0.4, -0.2) is 16.9 Å². The zero-order chi connectivity index (χ0) is 21.6. The third kappa shape index (κ3) is 5.98. The van der Waals surface area contributed by atoms with Crippen molar-refractivity contribution in [2.75, 3.05) is 5.32 Å². The highest BCUT2D eigenvalue weighted by Gasteiger charge is 2.15. The van der Waals surface area contributed by atoms with Crippen molar-refractivity contribution in [2.45, 2.75) is 32.7 Å². The Morgan fingerprint density at radius 2 is 1.60 bits per heavy atom. The van der Waals surface area contributed by atoms with Crippen LogP contribution in [0.25, 0.3) is 0 Å². The molecule has 0 aliphatic rings. The Balaban J connectivity index is 1.78. The Morgan fingerprint density at radius 1 is 0.967 bits per heavy atom. The molecule has 3 rings (SSSR count). The van der Waals surface area contributed by atoms with Crippen molar-refractivity contribution >= 4 is 17.6 Å². The quantitative estimate of drug-likeness (QED) is 0.479. The van der Waals surface area contributed by atoms with Gasteiger partial charge >= 0.3 is 0 Å². The molecule has 30 heavy (non-hydrogen) atoms. The van der Waals surface area contributed by atoms with Crippen LogP contribution in [0.5, 0.6) is 0 Å². The van der Waals surface area contributed by atoms with Gasteiger partial charge in [-0.1, -0.05) is 32.9 Å². The third-order valence-corrected chi connectivity index (χ3v) is 4.52. The van der Waals surface area contributed by atoms with Crippen molar-refractivity contribution in [1.29, 1.82) is 0 Å². The van der Waals surface area contributed by atoms with Crippen LogP contribution in [0.1, 0.15) is 42.3 Å². The molecule has 1 amide bonds. The molecule has 5 nitrogen and oxygen atoms in total. The van der Waals surface area contributed by atoms with Crippen molar-refractivity contribution in [1.82, 2.24) is 10.3 Å². The summed E-state index contributed by atoms with van der Waals surface area (Å²) in [6.07, 6.45) is 3.38. The lowest BCUT2D eigenvalue weighted by Gasteiger charge is -2.19. The normalized spacial score (nSPS) is 11.8. The van der Waals surface area contributed by atoms with Gasteiger partial charge in [-0.2, -0.15) is 0 Å². The zero-order valence-electron chi connectivity index (χ0n) is 17.3. The van der Waals surface area contributed by atoms with E-state index in [4.69, 9.17) is 0 Å². The maximum Gasteiger partial charge on any atom is 0.257 e. The van der Waals surface area contributed by atoms with Gasteiger partial charge in [0, 0.05) is 23.6 Å². The number of aliphatic imine (C=N–C) groups is 1. The second kappa shape index (κ2) is 9.31. The molecule has 1 aromatic heterocycles. The molecule has 3 aromatic rings. The molecule has 154 valence electrons. The number of carbonyl (C=O) groups excluding carboxylic acids is 1. The summed E-state index contributed by atoms with van der Waals surface area (Å²) in [4.78, 5) is 21.2. The van der Waals surface area contributed by atoms with Crippen molar-refractivity contribution in [3.05, 3.63) is 95.6 Å². The van der Waals surface area contributed by atoms with Crippen molar-refractivity contribution in [3.63, 3.8) is 0 Å². The van der Waals surface area contributed by atoms with Gasteiger partial charge in [0.1, 0.15) is 5.82 Å². The van der Waals surface area contributed by atoms with Crippen molar-refractivity contribution in [2.24, 2.45) is 4.99 Å². The van der Waals surface area contributed by atoms with Crippen LogP contribution in [0.15, 0.2) is 78.0 Å². The van der Waals surface area contributed by atoms with Crippen LogP contribution >= 0.6 is 0 Å². The first-order chi connectivity index (χ1) is 14.3. The molecular formula is C24H25FN4O. The van der Waals surface area contributed by atoms with E-state index in [1.54, 1.807) is 36.7 Å². The number of nitrogens with zero attached hydrogens (tertiary/aromatic N) is 2. The van der Waals surface area contributed by atoms with E-state index in [0.717, 1.165) is 11.1 Å². The SMILES string of the molecule is CC(C)(C)c1ccc(C(=O)NC(=NCc2ccncc2)Nc2ccc(F)cc2)cc1. The van der Waals surface area contributed by atoms with Gasteiger partial charge < -0.3 is 5.32 Å². The van der Waals surface area contributed by atoms with Gasteiger partial charge in [-0.3, -0.25) is 15.1 Å². The average molecular weight is 404 g/mol. The van der Waals surface area contributed by atoms with Crippen molar-refractivity contribution < 1.29 is 9.18 Å². The third-order valence-electron chi connectivity index (χ3n) is 4.52. The first kappa shape index (κ1) is 21.2. The van der Waals surface area contributed by atoms with Gasteiger partial charge in [0.05, 0.1) is 6.54 Å². The van der Waals surface area contributed by atoms with Gasteiger partial charge in [-0.15, -0.1) is 0 Å². The van der Waals surface area contributed by atoms with Gasteiger partial charge in [0.2, 0.25) is 5.96 Å². The van der Waals surface area contributed by atoms with E-state index in [2.05, 4.69) is 41.4 Å². The minimum absolute atomic E-state index is 0.0102. The standard InChI is InChI=1S/C24H25FN4O/c1-24(2,3)19-6-4-18(5-7-19)22(30)29-23(27-16-17-12-14-26-15-13-17)28-21-10-8-20(25)9-11-21/h4-15H,16H2,1-3H3,(H2,27,28,29,30). The highest BCUT2D eigenvalue weighted by molar-refractivity contribution is 6.09. The summed E-state index contributed by atoms with van der Waals surface area (Å²) in [7, 11) is 0. The Morgan fingerprint density at radius 3 is 2.20 bits per heavy atom. The first-order valence-electron chi connectivity index (χ1n) is 9.69. The predicted molar refractivity (Wildman–Crippen MR) is 118 cm³/mol. The summed E-state index contributed by atoms with van der Waals surface area (Å²) in [6, 6.07) is 17.1. The molecular weight excluding hydrogens is 379 g/mol. The second-order valence-corrected chi connectivity index (χ2v) is 7.93. The summed E-state index contributed by atoms with van der Waals surface area (Å²) in [6.45, 7) is 6.73. The summed E-state index contributed by atoms with van der Waals surface area (Å²) in [5.74, 6) is -0.333. The lowest BCUT2D eigenvalue weighted by atomic mass is 9.87. The molecule has 2 aromatic carbocycles. The fraction of sp³-hybridized carbons (Fsp3) is 0.208. The smallest absolute Gasteiger partial charge is 0.257 e. The first-order valence-corrected chi connectivity index (χ1v) is 9.69. The van der Waals surface area contributed by atoms with Gasteiger partial charge in [0.15, 0.2) is 0 Å². The number of rotatable bonds is 4. The van der Waals surface area contributed by atoms with Gasteiger partial charge in [0.25, 0.3) is 5.91 Å². The molecule has 0 bridgehead atoms. The van der Waals surface area contributed by atoms with Crippen LogP contribution in [0, 0.1) is 5.82 Å². The van der Waals surface area contributed by atoms with Crippen LogP contribution in [0.2, 0.25) is 0 Å². The number of guanidine groups is 1. The van der Waals surface area contributed by atoms with E-state index >= 15 is 0 Å². The number of benzene rings is 2. The summed E-state index contributed by atoms with van der Waals surface area (Å²) in [5.41, 5.74) is 3.26. The van der Waals surface area contributed by atoms with Crippen LogP contribution in [-0.2, 0) is 12.0 Å². The molecule has 0 unspecified atom stereocenters. The lowest BCUT2D eigenvalue weighted by molar-refractivity contribution is 0.0977. The molecule has 0 saturated carbocycles. The fourth-order valence-electron chi connectivity index (χ4n) is 2.74. The molecule has 0 aliphatic carbocycles. The predicted octanol–water partition coefficient (Wildman–Crippen LogP) is 4.92. The highest BCUT2D eigenvalue weighted by Crippen LogP contribution is 2.22. The maximum absolute atomic E-state index is 13.2. The monoisotopic (exact) mass is 404 g/mol. The number of anilines is 1. The van der Waals surface area contributed by atoms with E-state index in [0.29, 0.717) is 17.8 Å². The Bertz CT molecular complexity index is 1010. The number of hydrogen-bond acceptors (Lipinski definition) is 3. The maximum atomic E-state index is 13.2. The highest BCUT2D eigenvalue weighted by atomic mass is 19.1. The Labute approximate surface area is 176 Å². The van der Waals surface area contributed by atoms with Crippen molar-refractivity contribution in [3.8, 4) is 0 Å². The second-order valence-electron chi connectivity index (χ2n) is 7.93. The molecule has 0 spiro atoms. The van der Waals surface area contributed by atoms with E-state index in [9.17, 15) is 9.18 Å². The number of nitrogens with one attached hydrogen (secondary N) is 2. The molecule has 0 radical (unpaired) electrons. The Hall–Kier alpha value is -3.54. The molecule has 6 heteroatoms. The number of pyridine rings is 1. The Kier molecular flexibility index (Phi) is 6.57. The average Bonchev–Trinajstić information content (AvgIpc) is 2.74. The molecule has 0 saturated heterocycles. The van der Waals surface area contributed by atoms with Crippen LogP contribution in [0.3, 0.4) is 0 Å². The summed E-state index contributed by atoms with van der Waals surface area (Å²) in [5, 5.41) is 5.86. The fourth-order valence-corrected chi connectivity index (χ4v) is 2.74. The topological polar surface area (TPSA) is 66.4 Å². The van der Waals surface area contributed by atoms with E-state index in [1.165, 1.54) is 12.1 Å². The van der Waals surface area contributed by atoms with E-state index in [-0.39, 0.29) is 23.1 Å². The molecule has 0 aliphatic heterocycles. The molecule has 2 N–H and O–H groups in total. The number of halogens is 1.